The Morgan fingerprint density at radius 3 is 2.68 bits per heavy atom. The van der Waals surface area contributed by atoms with Crippen LogP contribution in [-0.4, -0.2) is 64.8 Å². The van der Waals surface area contributed by atoms with Crippen LogP contribution < -0.4 is 0 Å². The number of carbonyl (C=O) groups is 2. The Labute approximate surface area is 134 Å². The molecule has 2 amide bonds. The third-order valence-electron chi connectivity index (χ3n) is 5.19. The summed E-state index contributed by atoms with van der Waals surface area (Å²) in [5, 5.41) is 2.12. The quantitative estimate of drug-likeness (QED) is 0.819. The zero-order valence-corrected chi connectivity index (χ0v) is 13.6. The smallest absolute Gasteiger partial charge is 0.247 e. The summed E-state index contributed by atoms with van der Waals surface area (Å²) in [6.07, 6.45) is 1.80. The van der Waals surface area contributed by atoms with Crippen molar-refractivity contribution in [3.05, 3.63) is 21.9 Å². The van der Waals surface area contributed by atoms with E-state index in [1.54, 1.807) is 11.3 Å². The van der Waals surface area contributed by atoms with Gasteiger partial charge in [0.25, 0.3) is 0 Å². The van der Waals surface area contributed by atoms with Gasteiger partial charge in [0.1, 0.15) is 12.1 Å². The highest BCUT2D eigenvalue weighted by Gasteiger charge is 2.49. The van der Waals surface area contributed by atoms with Crippen LogP contribution in [0.3, 0.4) is 0 Å². The minimum absolute atomic E-state index is 0.162. The van der Waals surface area contributed by atoms with Crippen LogP contribution in [-0.2, 0) is 16.1 Å². The molecule has 3 fully saturated rings. The van der Waals surface area contributed by atoms with Crippen LogP contribution in [0.4, 0.5) is 0 Å². The van der Waals surface area contributed by atoms with E-state index in [4.69, 9.17) is 0 Å². The van der Waals surface area contributed by atoms with Gasteiger partial charge in [0.2, 0.25) is 11.8 Å². The summed E-state index contributed by atoms with van der Waals surface area (Å²) in [6, 6.07) is 1.70. The van der Waals surface area contributed by atoms with Gasteiger partial charge < -0.3 is 9.80 Å². The number of carbonyl (C=O) groups excluding carboxylic acids is 2. The maximum atomic E-state index is 12.7. The van der Waals surface area contributed by atoms with Crippen LogP contribution in [0, 0.1) is 6.92 Å². The van der Waals surface area contributed by atoms with Crippen molar-refractivity contribution in [2.45, 2.75) is 38.4 Å². The molecule has 0 aliphatic carbocycles. The molecular formula is C16H21N3O2S. The van der Waals surface area contributed by atoms with Gasteiger partial charge in [0, 0.05) is 37.6 Å². The third-order valence-corrected chi connectivity index (χ3v) is 6.20. The van der Waals surface area contributed by atoms with Crippen LogP contribution in [0.25, 0.3) is 0 Å². The number of amides is 2. The Morgan fingerprint density at radius 1 is 1.14 bits per heavy atom. The molecule has 1 aromatic heterocycles. The molecule has 0 radical (unpaired) electrons. The second kappa shape index (κ2) is 5.35. The van der Waals surface area contributed by atoms with Crippen LogP contribution in [0.5, 0.6) is 0 Å². The number of fused-ring (bicyclic) bond motifs is 2. The molecule has 4 rings (SSSR count). The number of hydrogen-bond acceptors (Lipinski definition) is 4. The Morgan fingerprint density at radius 2 is 1.91 bits per heavy atom. The van der Waals surface area contributed by atoms with Crippen LogP contribution in [0.1, 0.15) is 23.3 Å². The molecule has 118 valence electrons. The normalized spacial score (nSPS) is 29.0. The van der Waals surface area contributed by atoms with E-state index < -0.39 is 0 Å². The molecule has 3 aliphatic rings. The minimum atomic E-state index is -0.268. The van der Waals surface area contributed by atoms with E-state index in [0.29, 0.717) is 13.1 Å². The maximum absolute atomic E-state index is 12.7. The number of rotatable bonds is 2. The van der Waals surface area contributed by atoms with Crippen molar-refractivity contribution in [3.8, 4) is 0 Å². The molecule has 5 nitrogen and oxygen atoms in total. The average molecular weight is 319 g/mol. The number of hydrogen-bond donors (Lipinski definition) is 0. The summed E-state index contributed by atoms with van der Waals surface area (Å²) in [4.78, 5) is 32.6. The third kappa shape index (κ3) is 2.16. The summed E-state index contributed by atoms with van der Waals surface area (Å²) in [7, 11) is 0. The highest BCUT2D eigenvalue weighted by atomic mass is 32.1. The highest BCUT2D eigenvalue weighted by Crippen LogP contribution is 2.29. The molecule has 4 heterocycles. The first-order valence-electron chi connectivity index (χ1n) is 8.01. The van der Waals surface area contributed by atoms with Crippen molar-refractivity contribution in [1.82, 2.24) is 14.7 Å². The van der Waals surface area contributed by atoms with Crippen LogP contribution in [0.2, 0.25) is 0 Å². The lowest BCUT2D eigenvalue weighted by Crippen LogP contribution is -2.68. The largest absolute Gasteiger partial charge is 0.329 e. The van der Waals surface area contributed by atoms with E-state index in [1.165, 1.54) is 10.4 Å². The Kier molecular flexibility index (Phi) is 3.46. The van der Waals surface area contributed by atoms with Crippen molar-refractivity contribution >= 4 is 23.2 Å². The molecule has 3 aliphatic heterocycles. The molecule has 1 aromatic rings. The lowest BCUT2D eigenvalue weighted by atomic mass is 10.0. The van der Waals surface area contributed by atoms with Gasteiger partial charge in [0.15, 0.2) is 0 Å². The van der Waals surface area contributed by atoms with Crippen molar-refractivity contribution < 1.29 is 9.59 Å². The van der Waals surface area contributed by atoms with E-state index in [9.17, 15) is 9.59 Å². The summed E-state index contributed by atoms with van der Waals surface area (Å²) < 4.78 is 0. The Hall–Kier alpha value is -1.40. The molecule has 3 saturated heterocycles. The SMILES string of the molecule is Cc1ccsc1CN1CCN2C(=O)[C@@H]3CCCN3C(=O)[C@H]2C1. The lowest BCUT2D eigenvalue weighted by Gasteiger charge is -2.47. The second-order valence-electron chi connectivity index (χ2n) is 6.50. The Bertz CT molecular complexity index is 614. The summed E-state index contributed by atoms with van der Waals surface area (Å²) in [6.45, 7) is 5.99. The van der Waals surface area contributed by atoms with Gasteiger partial charge in [-0.15, -0.1) is 11.3 Å². The van der Waals surface area contributed by atoms with Gasteiger partial charge in [-0.2, -0.15) is 0 Å². The van der Waals surface area contributed by atoms with Crippen molar-refractivity contribution in [2.24, 2.45) is 0 Å². The van der Waals surface area contributed by atoms with Gasteiger partial charge >= 0.3 is 0 Å². The standard InChI is InChI=1S/C16H21N3O2S/c1-11-4-8-22-14(11)10-17-6-7-19-13(9-17)16(21)18-5-2-3-12(18)15(19)20/h4,8,12-13H,2-3,5-7,9-10H2,1H3/t12-,13+/m0/s1. The fourth-order valence-corrected chi connectivity index (χ4v) is 4.84. The van der Waals surface area contributed by atoms with E-state index in [-0.39, 0.29) is 23.9 Å². The van der Waals surface area contributed by atoms with E-state index in [2.05, 4.69) is 23.3 Å². The fraction of sp³-hybridized carbons (Fsp3) is 0.625. The molecule has 0 spiro atoms. The monoisotopic (exact) mass is 319 g/mol. The molecule has 0 unspecified atom stereocenters. The first kappa shape index (κ1) is 14.2. The number of nitrogens with zero attached hydrogens (tertiary/aromatic N) is 3. The molecule has 2 atom stereocenters. The molecule has 22 heavy (non-hydrogen) atoms. The summed E-state index contributed by atoms with van der Waals surface area (Å²) in [5.74, 6) is 0.337. The van der Waals surface area contributed by atoms with E-state index in [0.717, 1.165) is 32.5 Å². The number of piperazine rings is 2. The van der Waals surface area contributed by atoms with Gasteiger partial charge in [-0.05, 0) is 36.8 Å². The highest BCUT2D eigenvalue weighted by molar-refractivity contribution is 7.10. The molecule has 0 N–H and O–H groups in total. The molecular weight excluding hydrogens is 298 g/mol. The van der Waals surface area contributed by atoms with Gasteiger partial charge in [-0.1, -0.05) is 0 Å². The molecule has 0 aromatic carbocycles. The molecule has 6 heteroatoms. The minimum Gasteiger partial charge on any atom is -0.329 e. The zero-order valence-electron chi connectivity index (χ0n) is 12.8. The topological polar surface area (TPSA) is 43.9 Å². The Balaban J connectivity index is 1.51. The lowest BCUT2D eigenvalue weighted by molar-refractivity contribution is -0.163. The van der Waals surface area contributed by atoms with Gasteiger partial charge in [-0.25, -0.2) is 0 Å². The molecule has 0 saturated carbocycles. The van der Waals surface area contributed by atoms with Crippen molar-refractivity contribution in [3.63, 3.8) is 0 Å². The second-order valence-corrected chi connectivity index (χ2v) is 7.50. The average Bonchev–Trinajstić information content (AvgIpc) is 3.15. The first-order chi connectivity index (χ1) is 10.6. The zero-order chi connectivity index (χ0) is 15.3. The fourth-order valence-electron chi connectivity index (χ4n) is 3.90. The first-order valence-corrected chi connectivity index (χ1v) is 8.89. The predicted octanol–water partition coefficient (Wildman–Crippen LogP) is 1.07. The van der Waals surface area contributed by atoms with Gasteiger partial charge in [-0.3, -0.25) is 14.5 Å². The van der Waals surface area contributed by atoms with Crippen molar-refractivity contribution in [2.75, 3.05) is 26.2 Å². The number of thiophene rings is 1. The van der Waals surface area contributed by atoms with Crippen molar-refractivity contribution in [1.29, 1.82) is 0 Å². The molecule has 0 bridgehead atoms. The van der Waals surface area contributed by atoms with Crippen LogP contribution in [0.15, 0.2) is 11.4 Å². The number of aryl methyl sites for hydroxylation is 1. The van der Waals surface area contributed by atoms with E-state index in [1.807, 2.05) is 9.80 Å². The predicted molar refractivity (Wildman–Crippen MR) is 84.6 cm³/mol. The van der Waals surface area contributed by atoms with E-state index >= 15 is 0 Å². The summed E-state index contributed by atoms with van der Waals surface area (Å²) in [5.41, 5.74) is 1.32. The van der Waals surface area contributed by atoms with Gasteiger partial charge in [0.05, 0.1) is 0 Å². The summed E-state index contributed by atoms with van der Waals surface area (Å²) >= 11 is 1.77. The maximum Gasteiger partial charge on any atom is 0.247 e. The van der Waals surface area contributed by atoms with Crippen LogP contribution >= 0.6 is 11.3 Å².